The molecule has 0 saturated carbocycles. The van der Waals surface area contributed by atoms with Gasteiger partial charge in [-0.1, -0.05) is 17.6 Å². The molecule has 21 heteroatoms. The Hall–Kier alpha value is -5.67. The van der Waals surface area contributed by atoms with Crippen LogP contribution in [0.3, 0.4) is 0 Å². The minimum absolute atomic E-state index is 0.0498. The number of nitroso groups, excluding NO2 is 1. The molecule has 3 atom stereocenters. The highest BCUT2D eigenvalue weighted by Gasteiger charge is 2.53. The number of thioether (sulfide) groups is 1. The lowest BCUT2D eigenvalue weighted by molar-refractivity contribution is -0.565. The Morgan fingerprint density at radius 1 is 1.15 bits per heavy atom. The number of nitrogens with zero attached hydrogens (tertiary/aromatic N) is 5. The van der Waals surface area contributed by atoms with Gasteiger partial charge in [-0.05, 0) is 37.0 Å². The Balaban J connectivity index is 1.11. The summed E-state index contributed by atoms with van der Waals surface area (Å²) in [5.41, 5.74) is 6.44. The van der Waals surface area contributed by atoms with Gasteiger partial charge in [0.05, 0.1) is 30.1 Å². The SMILES string of the molecule is Cn1cc(O)c(=O)c2cc(C[N+](=O)CCCCCCC3=C(C(=O)O)N4C(=O)C(NCC(=O)/C(=N/O[C@H](CC(=O)O)C(=O)O)c5csc(N)n5)[C@H]4SC3)ccc21. The lowest BCUT2D eigenvalue weighted by Crippen LogP contribution is -2.70. The topological polar surface area (TPSA) is 284 Å². The quantitative estimate of drug-likeness (QED) is 0.0311. The highest BCUT2D eigenvalue weighted by Crippen LogP contribution is 2.41. The summed E-state index contributed by atoms with van der Waals surface area (Å²) >= 11 is 2.30. The zero-order valence-electron chi connectivity index (χ0n) is 29.4. The largest absolute Gasteiger partial charge is 0.503 e. The third-order valence-corrected chi connectivity index (χ3v) is 10.9. The number of carbonyl (C=O) groups excluding carboxylic acids is 2. The number of Topliss-reactive ketones (excluding diaryl/α,β-unsaturated/α-hetero) is 1. The van der Waals surface area contributed by atoms with Crippen molar-refractivity contribution in [1.29, 1.82) is 0 Å². The van der Waals surface area contributed by atoms with E-state index >= 15 is 0 Å². The molecular weight excluding hydrogens is 763 g/mol. The highest BCUT2D eigenvalue weighted by atomic mass is 32.2. The van der Waals surface area contributed by atoms with Gasteiger partial charge in [0, 0.05) is 39.8 Å². The summed E-state index contributed by atoms with van der Waals surface area (Å²) in [6.45, 7) is -0.173. The molecule has 0 radical (unpaired) electrons. The lowest BCUT2D eigenvalue weighted by Gasteiger charge is -2.49. The number of anilines is 1. The number of carboxylic acid groups (broad SMARTS) is 3. The van der Waals surface area contributed by atoms with Crippen LogP contribution in [0.5, 0.6) is 5.75 Å². The summed E-state index contributed by atoms with van der Waals surface area (Å²) < 4.78 is 2.54. The van der Waals surface area contributed by atoms with E-state index in [0.717, 1.165) is 16.1 Å². The first-order chi connectivity index (χ1) is 26.2. The molecule has 2 aliphatic heterocycles. The van der Waals surface area contributed by atoms with Crippen molar-refractivity contribution in [3.05, 3.63) is 67.4 Å². The Bertz CT molecular complexity index is 2160. The van der Waals surface area contributed by atoms with E-state index in [9.17, 15) is 49.0 Å². The van der Waals surface area contributed by atoms with Crippen molar-refractivity contribution in [3.63, 3.8) is 0 Å². The lowest BCUT2D eigenvalue weighted by atomic mass is 9.99. The van der Waals surface area contributed by atoms with Gasteiger partial charge in [-0.3, -0.25) is 29.4 Å². The van der Waals surface area contributed by atoms with Crippen LogP contribution in [0.2, 0.25) is 0 Å². The number of oxime groups is 1. The summed E-state index contributed by atoms with van der Waals surface area (Å²) in [7, 11) is 1.71. The van der Waals surface area contributed by atoms with Crippen molar-refractivity contribution in [3.8, 4) is 5.75 Å². The Kier molecular flexibility index (Phi) is 13.0. The molecular formula is C34H38N7O12S2+. The second kappa shape index (κ2) is 17.6. The number of amides is 1. The standard InChI is InChI=1S/C34H37N7O12S2/c1-39-14-23(43)29(46)19-10-17(7-8-21(19)39)13-40(52)9-5-3-2-4-6-18-15-54-31-27(30(47)41(31)28(18)33(50)51)36-12-22(42)26(20-16-55-34(35)37-20)38-53-24(32(48)49)11-25(44)45/h7-8,10,14,16,24,27,31,36H,2-6,9,11-13,15H2,1H3,(H5-,35,37,43,44,45,48,49,50,51)/p+1/b38-26+/t24-,27?,31-/m1/s1. The average Bonchev–Trinajstić information content (AvgIpc) is 3.56. The number of aryl methyl sites for hydroxylation is 1. The van der Waals surface area contributed by atoms with Crippen LogP contribution in [0, 0.1) is 4.91 Å². The van der Waals surface area contributed by atoms with Crippen molar-refractivity contribution in [2.45, 2.75) is 62.6 Å². The number of unbranched alkanes of at least 4 members (excludes halogenated alkanes) is 3. The fraction of sp³-hybridized carbons (Fsp3) is 0.412. The highest BCUT2D eigenvalue weighted by molar-refractivity contribution is 8.00. The minimum Gasteiger partial charge on any atom is -0.503 e. The van der Waals surface area contributed by atoms with Crippen LogP contribution in [0.15, 0.2) is 51.0 Å². The van der Waals surface area contributed by atoms with E-state index in [1.54, 1.807) is 29.8 Å². The molecule has 0 aliphatic carbocycles. The molecule has 2 aromatic heterocycles. The van der Waals surface area contributed by atoms with Gasteiger partial charge in [0.2, 0.25) is 29.8 Å². The number of aliphatic carboxylic acids is 3. The number of nitrogens with one attached hydrogen (secondary N) is 1. The third kappa shape index (κ3) is 9.53. The van der Waals surface area contributed by atoms with Gasteiger partial charge in [-0.2, -0.15) is 0 Å². The number of hydrogen-bond donors (Lipinski definition) is 6. The predicted molar refractivity (Wildman–Crippen MR) is 199 cm³/mol. The number of benzene rings is 1. The van der Waals surface area contributed by atoms with Crippen LogP contribution in [0.4, 0.5) is 5.13 Å². The van der Waals surface area contributed by atoms with Gasteiger partial charge in [-0.15, -0.1) is 23.1 Å². The summed E-state index contributed by atoms with van der Waals surface area (Å²) in [5.74, 6) is -5.70. The Labute approximate surface area is 320 Å². The van der Waals surface area contributed by atoms with Gasteiger partial charge in [-0.25, -0.2) is 14.6 Å². The maximum Gasteiger partial charge on any atom is 0.352 e. The van der Waals surface area contributed by atoms with Crippen molar-refractivity contribution >= 4 is 74.4 Å². The number of hydrogen-bond acceptors (Lipinski definition) is 15. The van der Waals surface area contributed by atoms with Crippen LogP contribution in [0.25, 0.3) is 10.9 Å². The van der Waals surface area contributed by atoms with Gasteiger partial charge in [0.25, 0.3) is 0 Å². The number of aromatic hydroxyl groups is 1. The maximum atomic E-state index is 13.2. The Morgan fingerprint density at radius 3 is 2.56 bits per heavy atom. The number of fused-ring (bicyclic) bond motifs is 2. The second-order valence-electron chi connectivity index (χ2n) is 12.8. The number of pyridine rings is 1. The predicted octanol–water partition coefficient (Wildman–Crippen LogP) is 1.64. The van der Waals surface area contributed by atoms with Gasteiger partial charge in [0.15, 0.2) is 23.1 Å². The maximum absolute atomic E-state index is 13.2. The van der Waals surface area contributed by atoms with Crippen molar-refractivity contribution < 1.29 is 54.0 Å². The van der Waals surface area contributed by atoms with E-state index in [-0.39, 0.29) is 35.4 Å². The molecule has 1 unspecified atom stereocenters. The van der Waals surface area contributed by atoms with Gasteiger partial charge >= 0.3 is 17.9 Å². The molecule has 55 heavy (non-hydrogen) atoms. The third-order valence-electron chi connectivity index (χ3n) is 8.90. The van der Waals surface area contributed by atoms with Gasteiger partial charge in [0.1, 0.15) is 22.8 Å². The number of β-lactam (4-membered cyclic amide) rings is 1. The van der Waals surface area contributed by atoms with E-state index in [1.807, 2.05) is 0 Å². The van der Waals surface area contributed by atoms with E-state index in [2.05, 4.69) is 15.5 Å². The fourth-order valence-corrected chi connectivity index (χ4v) is 8.15. The molecule has 5 rings (SSSR count). The second-order valence-corrected chi connectivity index (χ2v) is 14.8. The normalized spacial score (nSPS) is 17.4. The van der Waals surface area contributed by atoms with Crippen molar-refractivity contribution in [2.75, 3.05) is 24.6 Å². The number of carboxylic acids is 3. The molecule has 1 aromatic carbocycles. The molecule has 1 fully saturated rings. The first kappa shape index (κ1) is 40.5. The first-order valence-electron chi connectivity index (χ1n) is 17.0. The summed E-state index contributed by atoms with van der Waals surface area (Å²) in [5, 5.41) is 45.7. The summed E-state index contributed by atoms with van der Waals surface area (Å²) in [6.07, 6.45) is 1.58. The monoisotopic (exact) mass is 800 g/mol. The molecule has 4 heterocycles. The van der Waals surface area contributed by atoms with Crippen LogP contribution < -0.4 is 16.5 Å². The van der Waals surface area contributed by atoms with Gasteiger partial charge < -0.3 is 35.6 Å². The van der Waals surface area contributed by atoms with E-state index in [1.165, 1.54) is 28.2 Å². The molecule has 0 bridgehead atoms. The fourth-order valence-electron chi connectivity index (χ4n) is 6.18. The number of ketones is 1. The summed E-state index contributed by atoms with van der Waals surface area (Å²) in [6, 6.07) is 4.19. The van der Waals surface area contributed by atoms with Crippen molar-refractivity contribution in [1.82, 2.24) is 19.8 Å². The van der Waals surface area contributed by atoms with E-state index in [0.29, 0.717) is 59.9 Å². The smallest absolute Gasteiger partial charge is 0.352 e. The van der Waals surface area contributed by atoms with Crippen LogP contribution in [-0.2, 0) is 42.4 Å². The number of aromatic nitrogens is 2. The average molecular weight is 801 g/mol. The zero-order chi connectivity index (χ0) is 40.0. The molecule has 7 N–H and O–H groups in total. The molecule has 0 spiro atoms. The Morgan fingerprint density at radius 2 is 1.89 bits per heavy atom. The zero-order valence-corrected chi connectivity index (χ0v) is 31.0. The number of carbonyl (C=O) groups is 5. The van der Waals surface area contributed by atoms with E-state index in [4.69, 9.17) is 15.7 Å². The molecule has 3 aromatic rings. The number of thiazole rings is 1. The number of nitrogens with two attached hydrogens (primary N) is 1. The number of rotatable bonds is 20. The first-order valence-corrected chi connectivity index (χ1v) is 18.9. The van der Waals surface area contributed by atoms with Crippen molar-refractivity contribution in [2.24, 2.45) is 12.2 Å². The molecule has 2 aliphatic rings. The van der Waals surface area contributed by atoms with Crippen LogP contribution in [0.1, 0.15) is 49.8 Å². The number of nitrogen functional groups attached to an aromatic ring is 1. The van der Waals surface area contributed by atoms with Crippen LogP contribution >= 0.6 is 23.1 Å². The van der Waals surface area contributed by atoms with Crippen LogP contribution in [-0.4, -0.2) is 111 Å². The van der Waals surface area contributed by atoms with E-state index < -0.39 is 71.2 Å². The minimum atomic E-state index is -1.90. The molecule has 1 saturated heterocycles. The summed E-state index contributed by atoms with van der Waals surface area (Å²) in [4.78, 5) is 96.1. The molecule has 1 amide bonds. The molecule has 292 valence electrons. The molecule has 19 nitrogen and oxygen atoms in total.